The third kappa shape index (κ3) is 6.79. The Morgan fingerprint density at radius 2 is 1.86 bits per heavy atom. The molecule has 0 bridgehead atoms. The molecule has 0 fully saturated rings. The zero-order valence-electron chi connectivity index (χ0n) is 15.6. The van der Waals surface area contributed by atoms with Crippen molar-refractivity contribution >= 4 is 11.7 Å². The molecule has 0 heterocycles. The van der Waals surface area contributed by atoms with Gasteiger partial charge in [0.2, 0.25) is 0 Å². The zero-order valence-corrected chi connectivity index (χ0v) is 15.6. The minimum Gasteiger partial charge on any atom is -0.495 e. The molecule has 4 N–H and O–H groups in total. The molecule has 2 aromatic rings. The normalized spacial score (nSPS) is 11.2. The molecular formula is C20H24N4O4. The summed E-state index contributed by atoms with van der Waals surface area (Å²) in [5.41, 5.74) is 1.01. The first-order chi connectivity index (χ1) is 13.6. The maximum Gasteiger partial charge on any atom is 0.319 e. The second kappa shape index (κ2) is 11.4. The summed E-state index contributed by atoms with van der Waals surface area (Å²) in [5.74, 6) is 1.02. The number of aliphatic hydroxyl groups excluding tert-OH is 1. The molecule has 1 unspecified atom stereocenters. The molecule has 8 heteroatoms. The molecule has 0 saturated heterocycles. The van der Waals surface area contributed by atoms with Gasteiger partial charge < -0.3 is 30.5 Å². The number of nitriles is 1. The number of methoxy groups -OCH3 is 1. The third-order valence-corrected chi connectivity index (χ3v) is 3.76. The van der Waals surface area contributed by atoms with E-state index < -0.39 is 6.10 Å². The molecule has 0 saturated carbocycles. The van der Waals surface area contributed by atoms with E-state index in [0.717, 1.165) is 0 Å². The minimum atomic E-state index is -0.742. The fourth-order valence-electron chi connectivity index (χ4n) is 2.38. The fraction of sp³-hybridized carbons (Fsp3) is 0.300. The molecular weight excluding hydrogens is 360 g/mol. The molecule has 0 aliphatic rings. The van der Waals surface area contributed by atoms with Crippen molar-refractivity contribution in [1.29, 1.82) is 5.26 Å². The van der Waals surface area contributed by atoms with Gasteiger partial charge in [0.15, 0.2) is 0 Å². The van der Waals surface area contributed by atoms with Crippen LogP contribution in [0, 0.1) is 11.3 Å². The van der Waals surface area contributed by atoms with Crippen LogP contribution in [0.2, 0.25) is 0 Å². The SMILES string of the molecule is COc1ccccc1NC(=O)NCCNCC(O)COc1ccccc1C#N. The van der Waals surface area contributed by atoms with Crippen molar-refractivity contribution in [1.82, 2.24) is 10.6 Å². The Balaban J connectivity index is 1.60. The number of carbonyl (C=O) groups excluding carboxylic acids is 1. The van der Waals surface area contributed by atoms with Gasteiger partial charge in [-0.15, -0.1) is 0 Å². The molecule has 2 rings (SSSR count). The third-order valence-electron chi connectivity index (χ3n) is 3.76. The van der Waals surface area contributed by atoms with Crippen molar-refractivity contribution in [2.24, 2.45) is 0 Å². The number of amides is 2. The molecule has 0 spiro atoms. The molecule has 28 heavy (non-hydrogen) atoms. The van der Waals surface area contributed by atoms with Crippen LogP contribution >= 0.6 is 0 Å². The van der Waals surface area contributed by atoms with Crippen molar-refractivity contribution in [2.45, 2.75) is 6.10 Å². The Labute approximate surface area is 164 Å². The van der Waals surface area contributed by atoms with Crippen molar-refractivity contribution in [3.63, 3.8) is 0 Å². The number of hydrogen-bond acceptors (Lipinski definition) is 6. The highest BCUT2D eigenvalue weighted by atomic mass is 16.5. The molecule has 1 atom stereocenters. The number of aliphatic hydroxyl groups is 1. The summed E-state index contributed by atoms with van der Waals surface area (Å²) < 4.78 is 10.6. The van der Waals surface area contributed by atoms with Crippen LogP contribution in [0.5, 0.6) is 11.5 Å². The number of nitrogens with zero attached hydrogens (tertiary/aromatic N) is 1. The highest BCUT2D eigenvalue weighted by Crippen LogP contribution is 2.22. The lowest BCUT2D eigenvalue weighted by molar-refractivity contribution is 0.106. The topological polar surface area (TPSA) is 116 Å². The number of benzene rings is 2. The first-order valence-corrected chi connectivity index (χ1v) is 8.82. The number of ether oxygens (including phenoxy) is 2. The van der Waals surface area contributed by atoms with Gasteiger partial charge in [-0.2, -0.15) is 5.26 Å². The first kappa shape index (κ1) is 21.0. The number of carbonyl (C=O) groups is 1. The van der Waals surface area contributed by atoms with Crippen LogP contribution in [-0.2, 0) is 0 Å². The monoisotopic (exact) mass is 384 g/mol. The number of rotatable bonds is 10. The Morgan fingerprint density at radius 3 is 2.61 bits per heavy atom. The van der Waals surface area contributed by atoms with Gasteiger partial charge in [-0.25, -0.2) is 4.79 Å². The van der Waals surface area contributed by atoms with Crippen LogP contribution in [0.1, 0.15) is 5.56 Å². The summed E-state index contributed by atoms with van der Waals surface area (Å²) in [6.07, 6.45) is -0.742. The Morgan fingerprint density at radius 1 is 1.14 bits per heavy atom. The van der Waals surface area contributed by atoms with Gasteiger partial charge in [0, 0.05) is 19.6 Å². The van der Waals surface area contributed by atoms with E-state index in [1.54, 1.807) is 42.5 Å². The van der Waals surface area contributed by atoms with Crippen LogP contribution in [0.4, 0.5) is 10.5 Å². The summed E-state index contributed by atoms with van der Waals surface area (Å²) >= 11 is 0. The van der Waals surface area contributed by atoms with E-state index in [2.05, 4.69) is 16.0 Å². The Bertz CT molecular complexity index is 807. The average molecular weight is 384 g/mol. The van der Waals surface area contributed by atoms with E-state index in [-0.39, 0.29) is 12.6 Å². The van der Waals surface area contributed by atoms with Gasteiger partial charge in [0.25, 0.3) is 0 Å². The van der Waals surface area contributed by atoms with Crippen LogP contribution in [-0.4, -0.2) is 50.6 Å². The van der Waals surface area contributed by atoms with Crippen molar-refractivity contribution in [3.05, 3.63) is 54.1 Å². The molecule has 148 valence electrons. The largest absolute Gasteiger partial charge is 0.495 e. The maximum absolute atomic E-state index is 11.9. The van der Waals surface area contributed by atoms with E-state index in [0.29, 0.717) is 42.4 Å². The van der Waals surface area contributed by atoms with Gasteiger partial charge in [0.05, 0.1) is 18.4 Å². The quantitative estimate of drug-likeness (QED) is 0.464. The van der Waals surface area contributed by atoms with E-state index >= 15 is 0 Å². The Kier molecular flexibility index (Phi) is 8.59. The molecule has 0 aliphatic heterocycles. The Hall–Kier alpha value is -3.28. The number of urea groups is 1. The molecule has 0 radical (unpaired) electrons. The standard InChI is InChI=1S/C20H24N4O4/c1-27-19-9-5-3-7-17(19)24-20(26)23-11-10-22-13-16(25)14-28-18-8-4-2-6-15(18)12-21/h2-9,16,22,25H,10-11,13-14H2,1H3,(H2,23,24,26). The van der Waals surface area contributed by atoms with Crippen molar-refractivity contribution < 1.29 is 19.4 Å². The summed E-state index contributed by atoms with van der Waals surface area (Å²) in [6, 6.07) is 15.7. The van der Waals surface area contributed by atoms with E-state index in [1.165, 1.54) is 7.11 Å². The van der Waals surface area contributed by atoms with Crippen molar-refractivity contribution in [2.75, 3.05) is 38.7 Å². The second-order valence-electron chi connectivity index (χ2n) is 5.86. The molecule has 2 amide bonds. The van der Waals surface area contributed by atoms with Crippen LogP contribution in [0.15, 0.2) is 48.5 Å². The van der Waals surface area contributed by atoms with E-state index in [1.807, 2.05) is 12.1 Å². The fourth-order valence-corrected chi connectivity index (χ4v) is 2.38. The van der Waals surface area contributed by atoms with Crippen LogP contribution < -0.4 is 25.4 Å². The predicted molar refractivity (Wildman–Crippen MR) is 106 cm³/mol. The minimum absolute atomic E-state index is 0.0629. The highest BCUT2D eigenvalue weighted by molar-refractivity contribution is 5.90. The van der Waals surface area contributed by atoms with Gasteiger partial charge in [-0.1, -0.05) is 24.3 Å². The maximum atomic E-state index is 11.9. The van der Waals surface area contributed by atoms with Gasteiger partial charge in [-0.05, 0) is 24.3 Å². The predicted octanol–water partition coefficient (Wildman–Crippen LogP) is 1.72. The zero-order chi connectivity index (χ0) is 20.2. The summed E-state index contributed by atoms with van der Waals surface area (Å²) in [4.78, 5) is 11.9. The van der Waals surface area contributed by atoms with Crippen molar-refractivity contribution in [3.8, 4) is 17.6 Å². The van der Waals surface area contributed by atoms with Gasteiger partial charge in [-0.3, -0.25) is 0 Å². The lowest BCUT2D eigenvalue weighted by atomic mass is 10.2. The highest BCUT2D eigenvalue weighted by Gasteiger charge is 2.08. The smallest absolute Gasteiger partial charge is 0.319 e. The molecule has 0 aliphatic carbocycles. The summed E-state index contributed by atoms with van der Waals surface area (Å²) in [6.45, 7) is 1.22. The molecule has 8 nitrogen and oxygen atoms in total. The van der Waals surface area contributed by atoms with Gasteiger partial charge in [0.1, 0.15) is 30.3 Å². The number of para-hydroxylation sites is 3. The van der Waals surface area contributed by atoms with E-state index in [9.17, 15) is 9.90 Å². The number of nitrogens with one attached hydrogen (secondary N) is 3. The number of hydrogen-bond donors (Lipinski definition) is 4. The second-order valence-corrected chi connectivity index (χ2v) is 5.86. The summed E-state index contributed by atoms with van der Waals surface area (Å²) in [5, 5.41) is 27.4. The molecule has 2 aromatic carbocycles. The lowest BCUT2D eigenvalue weighted by Crippen LogP contribution is -2.38. The lowest BCUT2D eigenvalue weighted by Gasteiger charge is -2.14. The molecule has 0 aromatic heterocycles. The van der Waals surface area contributed by atoms with E-state index in [4.69, 9.17) is 14.7 Å². The first-order valence-electron chi connectivity index (χ1n) is 8.82. The van der Waals surface area contributed by atoms with Crippen LogP contribution in [0.25, 0.3) is 0 Å². The van der Waals surface area contributed by atoms with Crippen LogP contribution in [0.3, 0.4) is 0 Å². The average Bonchev–Trinajstić information content (AvgIpc) is 2.72. The summed E-state index contributed by atoms with van der Waals surface area (Å²) in [7, 11) is 1.54. The number of anilines is 1. The van der Waals surface area contributed by atoms with Gasteiger partial charge >= 0.3 is 6.03 Å².